The molecular formula is C18H24N6O2. The fraction of sp³-hybridized carbons (Fsp3) is 0.389. The topological polar surface area (TPSA) is 73.8 Å². The van der Waals surface area contributed by atoms with Crippen molar-refractivity contribution in [2.75, 3.05) is 62.5 Å². The van der Waals surface area contributed by atoms with E-state index in [1.807, 2.05) is 55.4 Å². The van der Waals surface area contributed by atoms with Gasteiger partial charge in [0.05, 0.1) is 12.8 Å². The number of carbonyl (C=O) groups excluding carboxylic acids is 1. The molecule has 0 aliphatic carbocycles. The van der Waals surface area contributed by atoms with Crippen molar-refractivity contribution in [3.63, 3.8) is 0 Å². The van der Waals surface area contributed by atoms with E-state index in [2.05, 4.69) is 20.4 Å². The van der Waals surface area contributed by atoms with Gasteiger partial charge in [0.25, 0.3) is 0 Å². The van der Waals surface area contributed by atoms with Crippen molar-refractivity contribution in [3.8, 4) is 5.75 Å². The number of methoxy groups -OCH3 is 1. The Hall–Kier alpha value is -3.03. The van der Waals surface area contributed by atoms with Gasteiger partial charge in [-0.25, -0.2) is 4.79 Å². The summed E-state index contributed by atoms with van der Waals surface area (Å²) in [4.78, 5) is 18.4. The molecule has 8 nitrogen and oxygen atoms in total. The molecule has 1 aliphatic rings. The number of hydrogen-bond acceptors (Lipinski definition) is 6. The Bertz CT molecular complexity index is 742. The van der Waals surface area contributed by atoms with Crippen molar-refractivity contribution in [3.05, 3.63) is 36.4 Å². The predicted octanol–water partition coefficient (Wildman–Crippen LogP) is 1.91. The van der Waals surface area contributed by atoms with Crippen LogP contribution < -0.4 is 19.9 Å². The van der Waals surface area contributed by atoms with Gasteiger partial charge in [0.2, 0.25) is 0 Å². The lowest BCUT2D eigenvalue weighted by atomic mass is 10.3. The van der Waals surface area contributed by atoms with E-state index in [4.69, 9.17) is 4.74 Å². The number of amides is 2. The van der Waals surface area contributed by atoms with E-state index in [1.54, 1.807) is 12.0 Å². The normalized spacial score (nSPS) is 14.1. The Kier molecular flexibility index (Phi) is 5.40. The van der Waals surface area contributed by atoms with Crippen molar-refractivity contribution < 1.29 is 9.53 Å². The van der Waals surface area contributed by atoms with Crippen molar-refractivity contribution >= 4 is 23.4 Å². The zero-order valence-corrected chi connectivity index (χ0v) is 15.3. The minimum absolute atomic E-state index is 0.122. The smallest absolute Gasteiger partial charge is 0.322 e. The van der Waals surface area contributed by atoms with Crippen LogP contribution in [0.1, 0.15) is 0 Å². The summed E-state index contributed by atoms with van der Waals surface area (Å²) in [6.45, 7) is 2.68. The summed E-state index contributed by atoms with van der Waals surface area (Å²) < 4.78 is 5.27. The molecule has 2 aromatic rings. The number of anilines is 3. The SMILES string of the molecule is COc1ccccc1NC(=O)N1CCN(c2ccc(N(C)C)nn2)CC1. The molecule has 1 aromatic carbocycles. The molecule has 26 heavy (non-hydrogen) atoms. The molecule has 2 heterocycles. The second-order valence-electron chi connectivity index (χ2n) is 6.25. The third-order valence-corrected chi connectivity index (χ3v) is 4.33. The molecule has 138 valence electrons. The fourth-order valence-corrected chi connectivity index (χ4v) is 2.81. The highest BCUT2D eigenvalue weighted by Gasteiger charge is 2.22. The van der Waals surface area contributed by atoms with Gasteiger partial charge >= 0.3 is 6.03 Å². The van der Waals surface area contributed by atoms with Gasteiger partial charge in [0, 0.05) is 40.3 Å². The molecule has 2 amide bonds. The van der Waals surface area contributed by atoms with E-state index < -0.39 is 0 Å². The van der Waals surface area contributed by atoms with Crippen LogP contribution in [-0.4, -0.2) is 68.5 Å². The van der Waals surface area contributed by atoms with E-state index in [1.165, 1.54) is 0 Å². The summed E-state index contributed by atoms with van der Waals surface area (Å²) in [5, 5.41) is 11.4. The average molecular weight is 356 g/mol. The van der Waals surface area contributed by atoms with Crippen molar-refractivity contribution in [1.82, 2.24) is 15.1 Å². The third-order valence-electron chi connectivity index (χ3n) is 4.33. The lowest BCUT2D eigenvalue weighted by Crippen LogP contribution is -2.50. The average Bonchev–Trinajstić information content (AvgIpc) is 2.68. The largest absolute Gasteiger partial charge is 0.495 e. The van der Waals surface area contributed by atoms with Gasteiger partial charge < -0.3 is 24.8 Å². The van der Waals surface area contributed by atoms with Crippen LogP contribution in [0.25, 0.3) is 0 Å². The second kappa shape index (κ2) is 7.90. The van der Waals surface area contributed by atoms with Gasteiger partial charge in [-0.2, -0.15) is 0 Å². The molecule has 8 heteroatoms. The van der Waals surface area contributed by atoms with Gasteiger partial charge in [-0.05, 0) is 24.3 Å². The fourth-order valence-electron chi connectivity index (χ4n) is 2.81. The Balaban J connectivity index is 1.57. The Morgan fingerprint density at radius 3 is 2.42 bits per heavy atom. The first-order valence-electron chi connectivity index (χ1n) is 8.53. The summed E-state index contributed by atoms with van der Waals surface area (Å²) in [6.07, 6.45) is 0. The minimum atomic E-state index is -0.122. The number of benzene rings is 1. The van der Waals surface area contributed by atoms with Crippen molar-refractivity contribution in [1.29, 1.82) is 0 Å². The molecule has 1 aliphatic heterocycles. The number of nitrogens with zero attached hydrogens (tertiary/aromatic N) is 5. The molecule has 1 N–H and O–H groups in total. The first-order chi connectivity index (χ1) is 12.6. The van der Waals surface area contributed by atoms with E-state index in [0.29, 0.717) is 24.5 Å². The van der Waals surface area contributed by atoms with Gasteiger partial charge in [0.15, 0.2) is 11.6 Å². The van der Waals surface area contributed by atoms with E-state index in [-0.39, 0.29) is 6.03 Å². The molecule has 0 atom stereocenters. The standard InChI is InChI=1S/C18H24N6O2/c1-22(2)16-8-9-17(21-20-16)23-10-12-24(13-11-23)18(25)19-14-6-4-5-7-15(14)26-3/h4-9H,10-13H2,1-3H3,(H,19,25). The number of piperazine rings is 1. The number of carbonyl (C=O) groups is 1. The van der Waals surface area contributed by atoms with Crippen LogP contribution in [-0.2, 0) is 0 Å². The van der Waals surface area contributed by atoms with Crippen LogP contribution in [0.5, 0.6) is 5.75 Å². The third kappa shape index (κ3) is 3.96. The highest BCUT2D eigenvalue weighted by Crippen LogP contribution is 2.23. The molecule has 0 bridgehead atoms. The Morgan fingerprint density at radius 1 is 1.08 bits per heavy atom. The Morgan fingerprint density at radius 2 is 1.81 bits per heavy atom. The quantitative estimate of drug-likeness (QED) is 0.902. The molecule has 0 unspecified atom stereocenters. The number of rotatable bonds is 4. The number of hydrogen-bond donors (Lipinski definition) is 1. The first kappa shape index (κ1) is 17.8. The zero-order valence-electron chi connectivity index (χ0n) is 15.3. The van der Waals surface area contributed by atoms with Crippen LogP contribution in [0.3, 0.4) is 0 Å². The maximum atomic E-state index is 12.5. The van der Waals surface area contributed by atoms with Crippen LogP contribution in [0.4, 0.5) is 22.1 Å². The number of aromatic nitrogens is 2. The maximum Gasteiger partial charge on any atom is 0.322 e. The van der Waals surface area contributed by atoms with Gasteiger partial charge in [0.1, 0.15) is 5.75 Å². The highest BCUT2D eigenvalue weighted by molar-refractivity contribution is 5.91. The lowest BCUT2D eigenvalue weighted by molar-refractivity contribution is 0.208. The van der Waals surface area contributed by atoms with E-state index >= 15 is 0 Å². The second-order valence-corrected chi connectivity index (χ2v) is 6.25. The predicted molar refractivity (Wildman–Crippen MR) is 102 cm³/mol. The van der Waals surface area contributed by atoms with Crippen LogP contribution in [0.15, 0.2) is 36.4 Å². The van der Waals surface area contributed by atoms with Crippen LogP contribution in [0, 0.1) is 0 Å². The zero-order chi connectivity index (χ0) is 18.5. The molecule has 1 saturated heterocycles. The molecule has 0 spiro atoms. The summed E-state index contributed by atoms with van der Waals surface area (Å²) in [5.41, 5.74) is 0.674. The summed E-state index contributed by atoms with van der Waals surface area (Å²) in [7, 11) is 5.46. The molecule has 3 rings (SSSR count). The number of urea groups is 1. The first-order valence-corrected chi connectivity index (χ1v) is 8.53. The van der Waals surface area contributed by atoms with Crippen molar-refractivity contribution in [2.45, 2.75) is 0 Å². The van der Waals surface area contributed by atoms with E-state index in [9.17, 15) is 4.79 Å². The summed E-state index contributed by atoms with van der Waals surface area (Å²) in [6, 6.07) is 11.2. The molecular weight excluding hydrogens is 332 g/mol. The number of ether oxygens (including phenoxy) is 1. The monoisotopic (exact) mass is 356 g/mol. The highest BCUT2D eigenvalue weighted by atomic mass is 16.5. The van der Waals surface area contributed by atoms with Gasteiger partial charge in [-0.1, -0.05) is 12.1 Å². The molecule has 0 saturated carbocycles. The van der Waals surface area contributed by atoms with Crippen LogP contribution in [0.2, 0.25) is 0 Å². The number of nitrogens with one attached hydrogen (secondary N) is 1. The Labute approximate surface area is 153 Å². The maximum absolute atomic E-state index is 12.5. The molecule has 1 aromatic heterocycles. The van der Waals surface area contributed by atoms with Gasteiger partial charge in [-0.15, -0.1) is 10.2 Å². The summed E-state index contributed by atoms with van der Waals surface area (Å²) in [5.74, 6) is 2.31. The van der Waals surface area contributed by atoms with Crippen LogP contribution >= 0.6 is 0 Å². The van der Waals surface area contributed by atoms with Gasteiger partial charge in [-0.3, -0.25) is 0 Å². The lowest BCUT2D eigenvalue weighted by Gasteiger charge is -2.35. The van der Waals surface area contributed by atoms with Crippen molar-refractivity contribution in [2.24, 2.45) is 0 Å². The summed E-state index contributed by atoms with van der Waals surface area (Å²) >= 11 is 0. The molecule has 1 fully saturated rings. The minimum Gasteiger partial charge on any atom is -0.495 e. The number of para-hydroxylation sites is 2. The van der Waals surface area contributed by atoms with E-state index in [0.717, 1.165) is 24.7 Å². The molecule has 0 radical (unpaired) electrons.